The predicted molar refractivity (Wildman–Crippen MR) is 48.4 cm³/mol. The molecule has 0 saturated carbocycles. The molecule has 1 aromatic carbocycles. The molecule has 0 unspecified atom stereocenters. The molecule has 0 aliphatic rings. The molecule has 1 nitrogen and oxygen atoms in total. The van der Waals surface area contributed by atoms with Crippen LogP contribution >= 0.6 is 0 Å². The summed E-state index contributed by atoms with van der Waals surface area (Å²) in [6, 6.07) is 3.57. The summed E-state index contributed by atoms with van der Waals surface area (Å²) in [5, 5.41) is 3.06. The largest absolute Gasteiger partial charge is 0.310 e. The van der Waals surface area contributed by atoms with Crippen molar-refractivity contribution in [1.82, 2.24) is 5.32 Å². The summed E-state index contributed by atoms with van der Waals surface area (Å²) in [6.07, 6.45) is 0. The first-order valence-electron chi connectivity index (χ1n) is 4.33. The summed E-state index contributed by atoms with van der Waals surface area (Å²) in [5.74, 6) is -1.03. The maximum absolute atomic E-state index is 13.1. The Labute approximate surface area is 76.8 Å². The Hall–Kier alpha value is -0.960. The standard InChI is InChI=1S/C10H13F2N/c1-3-13-7(2)9-5-4-8(11)6-10(9)12/h4-7,13H,3H2,1-2H3/t7-/m0/s1. The zero-order valence-corrected chi connectivity index (χ0v) is 7.77. The third-order valence-electron chi connectivity index (χ3n) is 1.94. The van der Waals surface area contributed by atoms with Gasteiger partial charge in [-0.25, -0.2) is 8.78 Å². The molecule has 1 rings (SSSR count). The first-order valence-corrected chi connectivity index (χ1v) is 4.33. The minimum absolute atomic E-state index is 0.0781. The van der Waals surface area contributed by atoms with E-state index >= 15 is 0 Å². The van der Waals surface area contributed by atoms with E-state index in [0.717, 1.165) is 12.6 Å². The molecular weight excluding hydrogens is 172 g/mol. The van der Waals surface area contributed by atoms with Gasteiger partial charge in [-0.3, -0.25) is 0 Å². The lowest BCUT2D eigenvalue weighted by atomic mass is 10.1. The first-order chi connectivity index (χ1) is 6.15. The maximum Gasteiger partial charge on any atom is 0.130 e. The lowest BCUT2D eigenvalue weighted by Crippen LogP contribution is -2.18. The van der Waals surface area contributed by atoms with E-state index in [2.05, 4.69) is 5.32 Å². The lowest BCUT2D eigenvalue weighted by Gasteiger charge is -2.13. The van der Waals surface area contributed by atoms with Crippen LogP contribution in [0.15, 0.2) is 18.2 Å². The van der Waals surface area contributed by atoms with Gasteiger partial charge >= 0.3 is 0 Å². The van der Waals surface area contributed by atoms with E-state index in [0.29, 0.717) is 5.56 Å². The Kier molecular flexibility index (Phi) is 3.37. The molecule has 0 radical (unpaired) electrons. The van der Waals surface area contributed by atoms with Crippen LogP contribution in [0.3, 0.4) is 0 Å². The van der Waals surface area contributed by atoms with Crippen molar-refractivity contribution in [3.63, 3.8) is 0 Å². The van der Waals surface area contributed by atoms with Crippen LogP contribution in [0.2, 0.25) is 0 Å². The van der Waals surface area contributed by atoms with Crippen LogP contribution in [-0.4, -0.2) is 6.54 Å². The van der Waals surface area contributed by atoms with Crippen molar-refractivity contribution in [2.75, 3.05) is 6.54 Å². The zero-order chi connectivity index (χ0) is 9.84. The molecule has 0 aliphatic carbocycles. The Morgan fingerprint density at radius 3 is 2.62 bits per heavy atom. The van der Waals surface area contributed by atoms with Gasteiger partial charge in [0, 0.05) is 17.7 Å². The van der Waals surface area contributed by atoms with Gasteiger partial charge in [-0.1, -0.05) is 13.0 Å². The zero-order valence-electron chi connectivity index (χ0n) is 7.77. The Morgan fingerprint density at radius 2 is 2.08 bits per heavy atom. The van der Waals surface area contributed by atoms with Gasteiger partial charge < -0.3 is 5.32 Å². The molecule has 0 saturated heterocycles. The minimum Gasteiger partial charge on any atom is -0.310 e. The van der Waals surface area contributed by atoms with E-state index < -0.39 is 11.6 Å². The molecule has 1 N–H and O–H groups in total. The number of nitrogens with one attached hydrogen (secondary N) is 1. The summed E-state index contributed by atoms with van der Waals surface area (Å²) in [6.45, 7) is 4.55. The Morgan fingerprint density at radius 1 is 1.38 bits per heavy atom. The third-order valence-corrected chi connectivity index (χ3v) is 1.94. The number of hydrogen-bond acceptors (Lipinski definition) is 1. The number of halogens is 2. The van der Waals surface area contributed by atoms with Gasteiger partial charge in [0.15, 0.2) is 0 Å². The highest BCUT2D eigenvalue weighted by Gasteiger charge is 2.09. The molecular formula is C10H13F2N. The van der Waals surface area contributed by atoms with Gasteiger partial charge in [0.2, 0.25) is 0 Å². The monoisotopic (exact) mass is 185 g/mol. The molecule has 0 amide bonds. The van der Waals surface area contributed by atoms with E-state index in [4.69, 9.17) is 0 Å². The van der Waals surface area contributed by atoms with Gasteiger partial charge in [0.05, 0.1) is 0 Å². The average molecular weight is 185 g/mol. The van der Waals surface area contributed by atoms with Crippen LogP contribution in [-0.2, 0) is 0 Å². The Balaban J connectivity index is 2.88. The number of benzene rings is 1. The highest BCUT2D eigenvalue weighted by molar-refractivity contribution is 5.21. The molecule has 0 bridgehead atoms. The molecule has 0 heterocycles. The van der Waals surface area contributed by atoms with E-state index in [1.165, 1.54) is 12.1 Å². The van der Waals surface area contributed by atoms with Gasteiger partial charge in [-0.2, -0.15) is 0 Å². The second-order valence-corrected chi connectivity index (χ2v) is 2.95. The van der Waals surface area contributed by atoms with Crippen molar-refractivity contribution < 1.29 is 8.78 Å². The summed E-state index contributed by atoms with van der Waals surface area (Å²) >= 11 is 0. The van der Waals surface area contributed by atoms with Crippen molar-refractivity contribution >= 4 is 0 Å². The number of rotatable bonds is 3. The predicted octanol–water partition coefficient (Wildman–Crippen LogP) is 2.64. The molecule has 3 heteroatoms. The van der Waals surface area contributed by atoms with E-state index in [1.807, 2.05) is 13.8 Å². The van der Waals surface area contributed by atoms with Gasteiger partial charge in [-0.15, -0.1) is 0 Å². The molecule has 72 valence electrons. The fraction of sp³-hybridized carbons (Fsp3) is 0.400. The van der Waals surface area contributed by atoms with Gasteiger partial charge in [0.1, 0.15) is 11.6 Å². The van der Waals surface area contributed by atoms with Gasteiger partial charge in [0.25, 0.3) is 0 Å². The normalized spacial score (nSPS) is 12.9. The van der Waals surface area contributed by atoms with Crippen LogP contribution in [0.1, 0.15) is 25.5 Å². The highest BCUT2D eigenvalue weighted by Crippen LogP contribution is 2.17. The summed E-state index contributed by atoms with van der Waals surface area (Å²) in [4.78, 5) is 0. The molecule has 0 spiro atoms. The van der Waals surface area contributed by atoms with E-state index in [9.17, 15) is 8.78 Å². The van der Waals surface area contributed by atoms with Crippen LogP contribution in [0.25, 0.3) is 0 Å². The first kappa shape index (κ1) is 10.1. The van der Waals surface area contributed by atoms with Crippen LogP contribution in [0.4, 0.5) is 8.78 Å². The molecule has 0 aromatic heterocycles. The fourth-order valence-corrected chi connectivity index (χ4v) is 1.27. The molecule has 0 aliphatic heterocycles. The quantitative estimate of drug-likeness (QED) is 0.763. The minimum atomic E-state index is -0.537. The van der Waals surface area contributed by atoms with Crippen LogP contribution in [0, 0.1) is 11.6 Å². The molecule has 1 aromatic rings. The van der Waals surface area contributed by atoms with Crippen LogP contribution in [0.5, 0.6) is 0 Å². The average Bonchev–Trinajstić information content (AvgIpc) is 2.04. The highest BCUT2D eigenvalue weighted by atomic mass is 19.1. The van der Waals surface area contributed by atoms with Gasteiger partial charge in [-0.05, 0) is 19.5 Å². The second-order valence-electron chi connectivity index (χ2n) is 2.95. The molecule has 0 fully saturated rings. The Bertz CT molecular complexity index is 286. The molecule has 1 atom stereocenters. The lowest BCUT2D eigenvalue weighted by molar-refractivity contribution is 0.527. The summed E-state index contributed by atoms with van der Waals surface area (Å²) in [5.41, 5.74) is 0.503. The fourth-order valence-electron chi connectivity index (χ4n) is 1.27. The van der Waals surface area contributed by atoms with Crippen molar-refractivity contribution in [2.24, 2.45) is 0 Å². The third kappa shape index (κ3) is 2.49. The van der Waals surface area contributed by atoms with E-state index in [1.54, 1.807) is 0 Å². The van der Waals surface area contributed by atoms with Crippen molar-refractivity contribution in [1.29, 1.82) is 0 Å². The maximum atomic E-state index is 13.1. The SMILES string of the molecule is CCN[C@@H](C)c1ccc(F)cc1F. The molecule has 13 heavy (non-hydrogen) atoms. The van der Waals surface area contributed by atoms with Crippen molar-refractivity contribution in [2.45, 2.75) is 19.9 Å². The number of hydrogen-bond donors (Lipinski definition) is 1. The van der Waals surface area contributed by atoms with Crippen molar-refractivity contribution in [3.8, 4) is 0 Å². The topological polar surface area (TPSA) is 12.0 Å². The van der Waals surface area contributed by atoms with E-state index in [-0.39, 0.29) is 6.04 Å². The smallest absolute Gasteiger partial charge is 0.130 e. The summed E-state index contributed by atoms with van der Waals surface area (Å²) in [7, 11) is 0. The van der Waals surface area contributed by atoms with Crippen molar-refractivity contribution in [3.05, 3.63) is 35.4 Å². The summed E-state index contributed by atoms with van der Waals surface area (Å²) < 4.78 is 25.7. The second kappa shape index (κ2) is 4.33. The van der Waals surface area contributed by atoms with Crippen LogP contribution < -0.4 is 5.32 Å².